The molecule has 8 nitrogen and oxygen atoms in total. The molecule has 0 spiro atoms. The molecule has 21 heavy (non-hydrogen) atoms. The van der Waals surface area contributed by atoms with Crippen LogP contribution < -0.4 is 10.5 Å². The number of benzene rings is 1. The van der Waals surface area contributed by atoms with Gasteiger partial charge in [0.2, 0.25) is 0 Å². The number of hydrogen-bond donors (Lipinski definition) is 1. The molecule has 3 aromatic rings. The SMILES string of the molecule is COc1cc(-c2nnnn2-c2cn(C)nc2C)ccc1N. The number of nitrogen functional groups attached to an aromatic ring is 1. The van der Waals surface area contributed by atoms with Crippen molar-refractivity contribution in [1.82, 2.24) is 30.0 Å². The summed E-state index contributed by atoms with van der Waals surface area (Å²) in [5.41, 5.74) is 8.88. The number of aryl methyl sites for hydroxylation is 2. The molecular weight excluding hydrogens is 270 g/mol. The lowest BCUT2D eigenvalue weighted by Crippen LogP contribution is -2.01. The van der Waals surface area contributed by atoms with E-state index in [1.165, 1.54) is 0 Å². The number of anilines is 1. The predicted octanol–water partition coefficient (Wildman–Crippen LogP) is 0.962. The standard InChI is InChI=1S/C13H15N7O/c1-8-11(7-19(2)16-8)20-13(15-17-18-20)9-4-5-10(14)12(6-9)21-3/h4-7H,14H2,1-3H3. The molecule has 0 radical (unpaired) electrons. The van der Waals surface area contributed by atoms with Gasteiger partial charge < -0.3 is 10.5 Å². The summed E-state index contributed by atoms with van der Waals surface area (Å²) in [6, 6.07) is 5.43. The summed E-state index contributed by atoms with van der Waals surface area (Å²) in [5.74, 6) is 1.19. The van der Waals surface area contributed by atoms with E-state index < -0.39 is 0 Å². The highest BCUT2D eigenvalue weighted by Gasteiger charge is 2.15. The zero-order valence-corrected chi connectivity index (χ0v) is 12.0. The average Bonchev–Trinajstić information content (AvgIpc) is 3.05. The van der Waals surface area contributed by atoms with Gasteiger partial charge in [0.15, 0.2) is 5.82 Å². The van der Waals surface area contributed by atoms with E-state index in [-0.39, 0.29) is 0 Å². The molecule has 2 N–H and O–H groups in total. The number of rotatable bonds is 3. The molecule has 0 saturated heterocycles. The molecular formula is C13H15N7O. The maximum atomic E-state index is 5.83. The average molecular weight is 285 g/mol. The number of nitrogens with two attached hydrogens (primary N) is 1. The van der Waals surface area contributed by atoms with Gasteiger partial charge in [-0.2, -0.15) is 9.78 Å². The van der Waals surface area contributed by atoms with Crippen molar-refractivity contribution in [3.8, 4) is 22.8 Å². The van der Waals surface area contributed by atoms with Gasteiger partial charge in [0.05, 0.1) is 24.7 Å². The fraction of sp³-hybridized carbons (Fsp3) is 0.231. The third-order valence-electron chi connectivity index (χ3n) is 3.18. The molecule has 8 heteroatoms. The smallest absolute Gasteiger partial charge is 0.187 e. The molecule has 0 unspecified atom stereocenters. The van der Waals surface area contributed by atoms with Crippen LogP contribution in [-0.2, 0) is 7.05 Å². The monoisotopic (exact) mass is 285 g/mol. The van der Waals surface area contributed by atoms with Crippen LogP contribution >= 0.6 is 0 Å². The van der Waals surface area contributed by atoms with Crippen LogP contribution in [0.1, 0.15) is 5.69 Å². The van der Waals surface area contributed by atoms with E-state index in [1.54, 1.807) is 22.5 Å². The number of nitrogens with zero attached hydrogens (tertiary/aromatic N) is 6. The largest absolute Gasteiger partial charge is 0.495 e. The van der Waals surface area contributed by atoms with Crippen LogP contribution in [0.5, 0.6) is 5.75 Å². The highest BCUT2D eigenvalue weighted by atomic mass is 16.5. The van der Waals surface area contributed by atoms with E-state index in [0.29, 0.717) is 17.3 Å². The molecule has 0 fully saturated rings. The second-order valence-electron chi connectivity index (χ2n) is 4.64. The summed E-state index contributed by atoms with van der Waals surface area (Å²) in [5, 5.41) is 16.2. The zero-order chi connectivity index (χ0) is 15.0. The third kappa shape index (κ3) is 2.20. The summed E-state index contributed by atoms with van der Waals surface area (Å²) in [4.78, 5) is 0. The Morgan fingerprint density at radius 3 is 2.76 bits per heavy atom. The van der Waals surface area contributed by atoms with Gasteiger partial charge in [0.1, 0.15) is 11.4 Å². The van der Waals surface area contributed by atoms with E-state index in [0.717, 1.165) is 16.9 Å². The number of tetrazole rings is 1. The van der Waals surface area contributed by atoms with E-state index in [1.807, 2.05) is 32.3 Å². The zero-order valence-electron chi connectivity index (χ0n) is 12.0. The quantitative estimate of drug-likeness (QED) is 0.720. The number of hydrogen-bond acceptors (Lipinski definition) is 6. The highest BCUT2D eigenvalue weighted by Crippen LogP contribution is 2.28. The molecule has 0 bridgehead atoms. The van der Waals surface area contributed by atoms with E-state index in [2.05, 4.69) is 20.6 Å². The summed E-state index contributed by atoms with van der Waals surface area (Å²) in [6.07, 6.45) is 1.86. The van der Waals surface area contributed by atoms with Gasteiger partial charge in [-0.1, -0.05) is 0 Å². The van der Waals surface area contributed by atoms with Crippen LogP contribution in [0.3, 0.4) is 0 Å². The lowest BCUT2D eigenvalue weighted by atomic mass is 10.1. The second kappa shape index (κ2) is 4.89. The first kappa shape index (κ1) is 13.1. The van der Waals surface area contributed by atoms with Crippen molar-refractivity contribution < 1.29 is 4.74 Å². The van der Waals surface area contributed by atoms with Crippen LogP contribution in [0.2, 0.25) is 0 Å². The normalized spacial score (nSPS) is 10.8. The van der Waals surface area contributed by atoms with Crippen LogP contribution in [0.4, 0.5) is 5.69 Å². The second-order valence-corrected chi connectivity index (χ2v) is 4.64. The minimum absolute atomic E-state index is 0.567. The molecule has 0 aliphatic heterocycles. The van der Waals surface area contributed by atoms with Gasteiger partial charge in [0.25, 0.3) is 0 Å². The Morgan fingerprint density at radius 1 is 1.29 bits per heavy atom. The molecule has 2 heterocycles. The van der Waals surface area contributed by atoms with Gasteiger partial charge in [-0.25, -0.2) is 0 Å². The molecule has 108 valence electrons. The number of methoxy groups -OCH3 is 1. The van der Waals surface area contributed by atoms with E-state index in [4.69, 9.17) is 10.5 Å². The molecule has 0 amide bonds. The van der Waals surface area contributed by atoms with Crippen molar-refractivity contribution in [2.45, 2.75) is 6.92 Å². The van der Waals surface area contributed by atoms with E-state index in [9.17, 15) is 0 Å². The Kier molecular flexibility index (Phi) is 3.05. The lowest BCUT2D eigenvalue weighted by Gasteiger charge is -2.07. The minimum Gasteiger partial charge on any atom is -0.495 e. The fourth-order valence-corrected chi connectivity index (χ4v) is 2.17. The van der Waals surface area contributed by atoms with Gasteiger partial charge in [-0.15, -0.1) is 5.10 Å². The molecule has 3 rings (SSSR count). The van der Waals surface area contributed by atoms with Crippen molar-refractivity contribution in [2.24, 2.45) is 7.05 Å². The number of ether oxygens (including phenoxy) is 1. The summed E-state index contributed by atoms with van der Waals surface area (Å²) >= 11 is 0. The van der Waals surface area contributed by atoms with Crippen LogP contribution in [0, 0.1) is 6.92 Å². The van der Waals surface area contributed by atoms with Gasteiger partial charge >= 0.3 is 0 Å². The number of aromatic nitrogens is 6. The Morgan fingerprint density at radius 2 is 2.10 bits per heavy atom. The minimum atomic E-state index is 0.567. The van der Waals surface area contributed by atoms with Gasteiger partial charge in [0, 0.05) is 12.6 Å². The Hall–Kier alpha value is -2.90. The van der Waals surface area contributed by atoms with Crippen LogP contribution in [-0.4, -0.2) is 37.1 Å². The topological polar surface area (TPSA) is 96.7 Å². The third-order valence-corrected chi connectivity index (χ3v) is 3.18. The van der Waals surface area contributed by atoms with Gasteiger partial charge in [-0.05, 0) is 35.5 Å². The Balaban J connectivity index is 2.13. The highest BCUT2D eigenvalue weighted by molar-refractivity contribution is 5.66. The molecule has 0 saturated carbocycles. The van der Waals surface area contributed by atoms with Crippen molar-refractivity contribution >= 4 is 5.69 Å². The molecule has 1 aromatic carbocycles. The molecule has 0 aliphatic rings. The summed E-state index contributed by atoms with van der Waals surface area (Å²) in [6.45, 7) is 1.91. The first-order chi connectivity index (χ1) is 10.1. The van der Waals surface area contributed by atoms with Crippen molar-refractivity contribution in [3.05, 3.63) is 30.1 Å². The Bertz CT molecular complexity index is 790. The molecule has 0 atom stereocenters. The first-order valence-electron chi connectivity index (χ1n) is 6.33. The molecule has 2 aromatic heterocycles. The van der Waals surface area contributed by atoms with Crippen LogP contribution in [0.15, 0.2) is 24.4 Å². The molecule has 0 aliphatic carbocycles. The maximum Gasteiger partial charge on any atom is 0.187 e. The lowest BCUT2D eigenvalue weighted by molar-refractivity contribution is 0.417. The first-order valence-corrected chi connectivity index (χ1v) is 6.33. The summed E-state index contributed by atoms with van der Waals surface area (Å²) in [7, 11) is 3.43. The van der Waals surface area contributed by atoms with Gasteiger partial charge in [-0.3, -0.25) is 4.68 Å². The maximum absolute atomic E-state index is 5.83. The Labute approximate surface area is 121 Å². The van der Waals surface area contributed by atoms with Crippen molar-refractivity contribution in [1.29, 1.82) is 0 Å². The predicted molar refractivity (Wildman–Crippen MR) is 77.1 cm³/mol. The van der Waals surface area contributed by atoms with Crippen molar-refractivity contribution in [3.63, 3.8) is 0 Å². The van der Waals surface area contributed by atoms with Crippen molar-refractivity contribution in [2.75, 3.05) is 12.8 Å². The van der Waals surface area contributed by atoms with Crippen LogP contribution in [0.25, 0.3) is 17.1 Å². The fourth-order valence-electron chi connectivity index (χ4n) is 2.17. The summed E-state index contributed by atoms with van der Waals surface area (Å²) < 4.78 is 8.61. The van der Waals surface area contributed by atoms with E-state index >= 15 is 0 Å².